The molecular weight excluding hydrogens is 196 g/mol. The van der Waals surface area contributed by atoms with Gasteiger partial charge in [0.1, 0.15) is 0 Å². The average molecular weight is 211 g/mol. The topological polar surface area (TPSA) is 12.0 Å². The van der Waals surface area contributed by atoms with Crippen LogP contribution in [-0.4, -0.2) is 6.04 Å². The van der Waals surface area contributed by atoms with Crippen LogP contribution in [0.25, 0.3) is 0 Å². The van der Waals surface area contributed by atoms with Crippen LogP contribution in [0, 0.1) is 11.6 Å². The molecule has 0 saturated carbocycles. The monoisotopic (exact) mass is 211 g/mol. The Labute approximate surface area is 88.8 Å². The van der Waals surface area contributed by atoms with E-state index in [9.17, 15) is 8.78 Å². The Balaban J connectivity index is 2.57. The predicted molar refractivity (Wildman–Crippen MR) is 57.5 cm³/mol. The summed E-state index contributed by atoms with van der Waals surface area (Å²) in [4.78, 5) is 0. The van der Waals surface area contributed by atoms with E-state index in [1.807, 2.05) is 6.92 Å². The van der Waals surface area contributed by atoms with Crippen molar-refractivity contribution in [3.8, 4) is 0 Å². The zero-order valence-corrected chi connectivity index (χ0v) is 8.76. The maximum atomic E-state index is 13.2. The van der Waals surface area contributed by atoms with E-state index in [1.54, 1.807) is 12.1 Å². The summed E-state index contributed by atoms with van der Waals surface area (Å²) in [5, 5.41) is 3.09. The third kappa shape index (κ3) is 3.44. The van der Waals surface area contributed by atoms with Crippen LogP contribution in [0.1, 0.15) is 18.9 Å². The predicted octanol–water partition coefficient (Wildman–Crippen LogP) is 3.02. The number of rotatable bonds is 5. The zero-order chi connectivity index (χ0) is 11.3. The van der Waals surface area contributed by atoms with Gasteiger partial charge in [0.05, 0.1) is 0 Å². The van der Waals surface area contributed by atoms with Gasteiger partial charge in [-0.3, -0.25) is 0 Å². The zero-order valence-electron chi connectivity index (χ0n) is 8.76. The first-order chi connectivity index (χ1) is 7.15. The minimum atomic E-state index is -0.800. The van der Waals surface area contributed by atoms with Gasteiger partial charge in [-0.1, -0.05) is 18.2 Å². The van der Waals surface area contributed by atoms with Crippen molar-refractivity contribution in [3.63, 3.8) is 0 Å². The average Bonchev–Trinajstić information content (AvgIpc) is 2.21. The van der Waals surface area contributed by atoms with Gasteiger partial charge in [-0.05, 0) is 19.4 Å². The van der Waals surface area contributed by atoms with E-state index in [4.69, 9.17) is 0 Å². The molecule has 1 unspecified atom stereocenters. The fourth-order valence-electron chi connectivity index (χ4n) is 1.30. The van der Waals surface area contributed by atoms with Crippen LogP contribution in [0.15, 0.2) is 30.9 Å². The summed E-state index contributed by atoms with van der Waals surface area (Å²) in [7, 11) is 0. The van der Waals surface area contributed by atoms with Crippen LogP contribution in [0.3, 0.4) is 0 Å². The molecule has 0 aliphatic carbocycles. The Morgan fingerprint density at radius 2 is 2.20 bits per heavy atom. The maximum Gasteiger partial charge on any atom is 0.163 e. The fraction of sp³-hybridized carbons (Fsp3) is 0.333. The molecule has 0 amide bonds. The molecule has 0 spiro atoms. The lowest BCUT2D eigenvalue weighted by molar-refractivity contribution is 0.482. The highest BCUT2D eigenvalue weighted by Gasteiger charge is 2.07. The Bertz CT molecular complexity index is 336. The molecule has 0 fully saturated rings. The molecule has 1 aromatic carbocycles. The highest BCUT2D eigenvalue weighted by molar-refractivity contribution is 5.18. The Kier molecular flexibility index (Phi) is 4.43. The van der Waals surface area contributed by atoms with E-state index >= 15 is 0 Å². The molecule has 0 bridgehead atoms. The summed E-state index contributed by atoms with van der Waals surface area (Å²) in [6.07, 6.45) is 2.59. The van der Waals surface area contributed by atoms with Gasteiger partial charge in [0.2, 0.25) is 0 Å². The number of benzene rings is 1. The van der Waals surface area contributed by atoms with E-state index < -0.39 is 11.6 Å². The van der Waals surface area contributed by atoms with Crippen molar-refractivity contribution in [2.75, 3.05) is 0 Å². The summed E-state index contributed by atoms with van der Waals surface area (Å²) in [5.74, 6) is -1.57. The van der Waals surface area contributed by atoms with Gasteiger partial charge in [0, 0.05) is 18.2 Å². The van der Waals surface area contributed by atoms with Gasteiger partial charge in [-0.2, -0.15) is 0 Å². The molecule has 0 radical (unpaired) electrons. The highest BCUT2D eigenvalue weighted by Crippen LogP contribution is 2.11. The van der Waals surface area contributed by atoms with Gasteiger partial charge >= 0.3 is 0 Å². The lowest BCUT2D eigenvalue weighted by atomic mass is 10.1. The number of hydrogen-bond donors (Lipinski definition) is 1. The molecular formula is C12H15F2N. The van der Waals surface area contributed by atoms with E-state index in [1.165, 1.54) is 6.07 Å². The Morgan fingerprint density at radius 1 is 1.47 bits per heavy atom. The minimum Gasteiger partial charge on any atom is -0.310 e. The summed E-state index contributed by atoms with van der Waals surface area (Å²) < 4.78 is 26.0. The molecule has 0 heterocycles. The van der Waals surface area contributed by atoms with Gasteiger partial charge in [-0.15, -0.1) is 6.58 Å². The molecule has 3 heteroatoms. The summed E-state index contributed by atoms with van der Waals surface area (Å²) in [6, 6.07) is 4.41. The SMILES string of the molecule is C=CCC(C)NCc1cccc(F)c1F. The van der Waals surface area contributed by atoms with Crippen molar-refractivity contribution in [1.29, 1.82) is 0 Å². The van der Waals surface area contributed by atoms with Gasteiger partial charge in [-0.25, -0.2) is 8.78 Å². The van der Waals surface area contributed by atoms with Crippen LogP contribution in [-0.2, 0) is 6.54 Å². The second-order valence-electron chi connectivity index (χ2n) is 3.52. The van der Waals surface area contributed by atoms with Crippen molar-refractivity contribution >= 4 is 0 Å². The fourth-order valence-corrected chi connectivity index (χ4v) is 1.30. The van der Waals surface area contributed by atoms with Crippen LogP contribution in [0.2, 0.25) is 0 Å². The Hall–Kier alpha value is -1.22. The molecule has 82 valence electrons. The lowest BCUT2D eigenvalue weighted by Crippen LogP contribution is -2.25. The first-order valence-corrected chi connectivity index (χ1v) is 4.92. The van der Waals surface area contributed by atoms with Crippen molar-refractivity contribution in [3.05, 3.63) is 48.1 Å². The normalized spacial score (nSPS) is 12.5. The van der Waals surface area contributed by atoms with Crippen LogP contribution >= 0.6 is 0 Å². The highest BCUT2D eigenvalue weighted by atomic mass is 19.2. The largest absolute Gasteiger partial charge is 0.310 e. The van der Waals surface area contributed by atoms with E-state index in [0.717, 1.165) is 12.5 Å². The number of halogens is 2. The lowest BCUT2D eigenvalue weighted by Gasteiger charge is -2.12. The second-order valence-corrected chi connectivity index (χ2v) is 3.52. The van der Waals surface area contributed by atoms with Crippen molar-refractivity contribution in [1.82, 2.24) is 5.32 Å². The third-order valence-electron chi connectivity index (χ3n) is 2.19. The molecule has 0 aromatic heterocycles. The second kappa shape index (κ2) is 5.61. The molecule has 1 aromatic rings. The summed E-state index contributed by atoms with van der Waals surface area (Å²) in [5.41, 5.74) is 0.353. The van der Waals surface area contributed by atoms with Gasteiger partial charge in [0.15, 0.2) is 11.6 Å². The number of hydrogen-bond acceptors (Lipinski definition) is 1. The smallest absolute Gasteiger partial charge is 0.163 e. The summed E-state index contributed by atoms with van der Waals surface area (Å²) in [6.45, 7) is 5.92. The molecule has 0 saturated heterocycles. The van der Waals surface area contributed by atoms with Gasteiger partial charge in [0.25, 0.3) is 0 Å². The number of nitrogens with one attached hydrogen (secondary N) is 1. The molecule has 1 atom stereocenters. The van der Waals surface area contributed by atoms with Crippen molar-refractivity contribution in [2.45, 2.75) is 25.9 Å². The molecule has 15 heavy (non-hydrogen) atoms. The van der Waals surface area contributed by atoms with Crippen molar-refractivity contribution in [2.24, 2.45) is 0 Å². The molecule has 1 nitrogen and oxygen atoms in total. The molecule has 0 aliphatic heterocycles. The first kappa shape index (κ1) is 11.9. The van der Waals surface area contributed by atoms with Crippen LogP contribution in [0.5, 0.6) is 0 Å². The van der Waals surface area contributed by atoms with Crippen LogP contribution < -0.4 is 5.32 Å². The van der Waals surface area contributed by atoms with E-state index in [2.05, 4.69) is 11.9 Å². The molecule has 0 aliphatic rings. The third-order valence-corrected chi connectivity index (χ3v) is 2.19. The maximum absolute atomic E-state index is 13.2. The van der Waals surface area contributed by atoms with E-state index in [-0.39, 0.29) is 6.04 Å². The quantitative estimate of drug-likeness (QED) is 0.738. The molecule has 1 rings (SSSR count). The summed E-state index contributed by atoms with van der Waals surface area (Å²) >= 11 is 0. The standard InChI is InChI=1S/C12H15F2N/c1-3-5-9(2)15-8-10-6-4-7-11(13)12(10)14/h3-4,6-7,9,15H,1,5,8H2,2H3. The minimum absolute atomic E-state index is 0.213. The van der Waals surface area contributed by atoms with Crippen molar-refractivity contribution < 1.29 is 8.78 Å². The Morgan fingerprint density at radius 3 is 2.87 bits per heavy atom. The van der Waals surface area contributed by atoms with Crippen LogP contribution in [0.4, 0.5) is 8.78 Å². The first-order valence-electron chi connectivity index (χ1n) is 4.92. The van der Waals surface area contributed by atoms with Gasteiger partial charge < -0.3 is 5.32 Å². The van der Waals surface area contributed by atoms with E-state index in [0.29, 0.717) is 12.1 Å². The molecule has 1 N–H and O–H groups in total.